The zero-order valence-electron chi connectivity index (χ0n) is 11.2. The van der Waals surface area contributed by atoms with Crippen LogP contribution in [-0.4, -0.2) is 21.5 Å². The van der Waals surface area contributed by atoms with Crippen molar-refractivity contribution in [2.24, 2.45) is 0 Å². The minimum absolute atomic E-state index is 0.507. The first-order valence-electron chi connectivity index (χ1n) is 6.40. The van der Waals surface area contributed by atoms with Gasteiger partial charge in [0, 0.05) is 6.54 Å². The first-order valence-corrected chi connectivity index (χ1v) is 7.97. The predicted molar refractivity (Wildman–Crippen MR) is 88.6 cm³/mol. The summed E-state index contributed by atoms with van der Waals surface area (Å²) >= 11 is 13.7. The number of aromatic amines is 1. The third kappa shape index (κ3) is 3.10. The molecule has 0 aliphatic rings. The van der Waals surface area contributed by atoms with Crippen LogP contribution in [0.25, 0.3) is 11.0 Å². The van der Waals surface area contributed by atoms with Gasteiger partial charge in [0.05, 0.1) is 21.1 Å². The summed E-state index contributed by atoms with van der Waals surface area (Å²) in [6.07, 6.45) is 0. The first-order chi connectivity index (χ1) is 10.2. The number of anilines is 1. The van der Waals surface area contributed by atoms with Crippen molar-refractivity contribution in [3.8, 4) is 0 Å². The Morgan fingerprint density at radius 3 is 2.76 bits per heavy atom. The van der Waals surface area contributed by atoms with Gasteiger partial charge >= 0.3 is 0 Å². The number of para-hydroxylation sites is 2. The van der Waals surface area contributed by atoms with E-state index in [1.54, 1.807) is 6.07 Å². The van der Waals surface area contributed by atoms with Crippen molar-refractivity contribution in [3.05, 3.63) is 40.4 Å². The zero-order valence-corrected chi connectivity index (χ0v) is 13.5. The standard InChI is InChI=1S/C14H12Cl2N4S/c1-2-17-12-8(15)7-9(16)13(20-12)21-14-18-10-5-3-4-6-11(10)19-14/h3-7H,2H2,1H3,(H,17,20)(H,18,19). The van der Waals surface area contributed by atoms with Crippen LogP contribution in [0.4, 0.5) is 5.82 Å². The molecule has 0 saturated heterocycles. The zero-order chi connectivity index (χ0) is 14.8. The molecule has 21 heavy (non-hydrogen) atoms. The summed E-state index contributed by atoms with van der Waals surface area (Å²) < 4.78 is 0. The van der Waals surface area contributed by atoms with E-state index in [0.29, 0.717) is 20.9 Å². The smallest absolute Gasteiger partial charge is 0.172 e. The topological polar surface area (TPSA) is 53.6 Å². The lowest BCUT2D eigenvalue weighted by molar-refractivity contribution is 1.05. The summed E-state index contributed by atoms with van der Waals surface area (Å²) in [4.78, 5) is 12.2. The van der Waals surface area contributed by atoms with Crippen LogP contribution < -0.4 is 5.32 Å². The van der Waals surface area contributed by atoms with Crippen molar-refractivity contribution >= 4 is 51.8 Å². The van der Waals surface area contributed by atoms with Crippen molar-refractivity contribution in [3.63, 3.8) is 0 Å². The van der Waals surface area contributed by atoms with Gasteiger partial charge in [0.2, 0.25) is 0 Å². The fraction of sp³-hybridized carbons (Fsp3) is 0.143. The summed E-state index contributed by atoms with van der Waals surface area (Å²) in [7, 11) is 0. The van der Waals surface area contributed by atoms with Crippen LogP contribution in [0.2, 0.25) is 10.0 Å². The number of benzene rings is 1. The lowest BCUT2D eigenvalue weighted by Crippen LogP contribution is -2.01. The van der Waals surface area contributed by atoms with Gasteiger partial charge in [0.15, 0.2) is 5.16 Å². The molecule has 0 aliphatic heterocycles. The van der Waals surface area contributed by atoms with Crippen molar-refractivity contribution in [2.75, 3.05) is 11.9 Å². The van der Waals surface area contributed by atoms with Crippen molar-refractivity contribution in [1.82, 2.24) is 15.0 Å². The van der Waals surface area contributed by atoms with Crippen molar-refractivity contribution < 1.29 is 0 Å². The SMILES string of the molecule is CCNc1nc(Sc2nc3ccccc3[nH]2)c(Cl)cc1Cl. The predicted octanol–water partition coefficient (Wildman–Crippen LogP) is 4.85. The van der Waals surface area contributed by atoms with Gasteiger partial charge in [-0.05, 0) is 36.9 Å². The molecular weight excluding hydrogens is 327 g/mol. The van der Waals surface area contributed by atoms with Crippen molar-refractivity contribution in [1.29, 1.82) is 0 Å². The molecule has 0 atom stereocenters. The molecule has 0 radical (unpaired) electrons. The number of pyridine rings is 1. The van der Waals surface area contributed by atoms with Gasteiger partial charge in [0.1, 0.15) is 10.8 Å². The van der Waals surface area contributed by atoms with E-state index >= 15 is 0 Å². The summed E-state index contributed by atoms with van der Waals surface area (Å²) in [6, 6.07) is 9.55. The molecule has 0 aliphatic carbocycles. The molecule has 0 saturated carbocycles. The molecule has 7 heteroatoms. The Morgan fingerprint density at radius 1 is 1.19 bits per heavy atom. The van der Waals surface area contributed by atoms with E-state index in [4.69, 9.17) is 23.2 Å². The Balaban J connectivity index is 1.94. The normalized spacial score (nSPS) is 11.0. The highest BCUT2D eigenvalue weighted by atomic mass is 35.5. The highest BCUT2D eigenvalue weighted by Gasteiger charge is 2.12. The van der Waals surface area contributed by atoms with E-state index < -0.39 is 0 Å². The van der Waals surface area contributed by atoms with Crippen LogP contribution >= 0.6 is 35.0 Å². The Bertz CT molecular complexity index is 755. The molecule has 0 unspecified atom stereocenters. The number of halogens is 2. The van der Waals surface area contributed by atoms with Gasteiger partial charge in [-0.15, -0.1) is 0 Å². The maximum Gasteiger partial charge on any atom is 0.172 e. The molecule has 2 aromatic heterocycles. The lowest BCUT2D eigenvalue weighted by atomic mass is 10.3. The van der Waals surface area contributed by atoms with Gasteiger partial charge in [-0.3, -0.25) is 0 Å². The number of rotatable bonds is 4. The van der Waals surface area contributed by atoms with Gasteiger partial charge < -0.3 is 10.3 Å². The number of hydrogen-bond donors (Lipinski definition) is 2. The summed E-state index contributed by atoms with van der Waals surface area (Å²) in [5.41, 5.74) is 1.90. The minimum Gasteiger partial charge on any atom is -0.369 e. The van der Waals surface area contributed by atoms with Gasteiger partial charge in [-0.25, -0.2) is 9.97 Å². The molecule has 0 fully saturated rings. The number of hydrogen-bond acceptors (Lipinski definition) is 4. The molecule has 2 heterocycles. The molecule has 0 spiro atoms. The lowest BCUT2D eigenvalue weighted by Gasteiger charge is -2.08. The molecule has 1 aromatic carbocycles. The van der Waals surface area contributed by atoms with E-state index in [2.05, 4.69) is 20.3 Å². The second kappa shape index (κ2) is 6.13. The average molecular weight is 339 g/mol. The number of fused-ring (bicyclic) bond motifs is 1. The third-order valence-electron chi connectivity index (χ3n) is 2.80. The van der Waals surface area contributed by atoms with Crippen LogP contribution in [0.1, 0.15) is 6.92 Å². The van der Waals surface area contributed by atoms with Gasteiger partial charge in [-0.1, -0.05) is 35.3 Å². The number of H-pyrrole nitrogens is 1. The Kier molecular flexibility index (Phi) is 4.24. The van der Waals surface area contributed by atoms with E-state index in [1.807, 2.05) is 31.2 Å². The van der Waals surface area contributed by atoms with Crippen LogP contribution in [0.5, 0.6) is 0 Å². The van der Waals surface area contributed by atoms with Crippen LogP contribution in [0, 0.1) is 0 Å². The Labute approximate surface area is 136 Å². The van der Waals surface area contributed by atoms with E-state index in [1.165, 1.54) is 11.8 Å². The number of aromatic nitrogens is 3. The average Bonchev–Trinajstić information content (AvgIpc) is 2.86. The quantitative estimate of drug-likeness (QED) is 0.714. The van der Waals surface area contributed by atoms with E-state index in [0.717, 1.165) is 22.7 Å². The summed E-state index contributed by atoms with van der Waals surface area (Å²) in [5, 5.41) is 5.54. The second-order valence-electron chi connectivity index (χ2n) is 4.30. The molecule has 0 amide bonds. The Hall–Kier alpha value is -1.43. The van der Waals surface area contributed by atoms with Crippen molar-refractivity contribution in [2.45, 2.75) is 17.1 Å². The molecule has 0 bridgehead atoms. The minimum atomic E-state index is 0.507. The molecule has 4 nitrogen and oxygen atoms in total. The number of nitrogens with one attached hydrogen (secondary N) is 2. The Morgan fingerprint density at radius 2 is 2.00 bits per heavy atom. The summed E-state index contributed by atoms with van der Waals surface area (Å²) in [5.74, 6) is 0.627. The number of nitrogens with zero attached hydrogens (tertiary/aromatic N) is 2. The third-order valence-corrected chi connectivity index (χ3v) is 4.38. The van der Waals surface area contributed by atoms with E-state index in [-0.39, 0.29) is 0 Å². The molecule has 3 aromatic rings. The van der Waals surface area contributed by atoms with Crippen LogP contribution in [0.15, 0.2) is 40.5 Å². The second-order valence-corrected chi connectivity index (χ2v) is 6.09. The van der Waals surface area contributed by atoms with Crippen LogP contribution in [-0.2, 0) is 0 Å². The maximum atomic E-state index is 6.21. The number of imidazole rings is 1. The molecule has 2 N–H and O–H groups in total. The first kappa shape index (κ1) is 14.5. The molecule has 3 rings (SSSR count). The summed E-state index contributed by atoms with van der Waals surface area (Å²) in [6.45, 7) is 2.72. The van der Waals surface area contributed by atoms with E-state index in [9.17, 15) is 0 Å². The van der Waals surface area contributed by atoms with Gasteiger partial charge in [-0.2, -0.15) is 0 Å². The fourth-order valence-corrected chi connectivity index (χ4v) is 3.20. The largest absolute Gasteiger partial charge is 0.369 e. The van der Waals surface area contributed by atoms with Crippen LogP contribution in [0.3, 0.4) is 0 Å². The fourth-order valence-electron chi connectivity index (χ4n) is 1.88. The monoisotopic (exact) mass is 338 g/mol. The highest BCUT2D eigenvalue weighted by molar-refractivity contribution is 7.99. The van der Waals surface area contributed by atoms with Gasteiger partial charge in [0.25, 0.3) is 0 Å². The highest BCUT2D eigenvalue weighted by Crippen LogP contribution is 2.35. The molecule has 108 valence electrons. The maximum absolute atomic E-state index is 6.21. The molecular formula is C14H12Cl2N4S.